The highest BCUT2D eigenvalue weighted by atomic mass is 32.2. The summed E-state index contributed by atoms with van der Waals surface area (Å²) in [6.45, 7) is 3.84. The molecule has 1 amide bonds. The van der Waals surface area contributed by atoms with Gasteiger partial charge in [-0.15, -0.1) is 0 Å². The van der Waals surface area contributed by atoms with E-state index in [0.29, 0.717) is 12.3 Å². The number of benzene rings is 2. The number of rotatable bonds is 6. The minimum absolute atomic E-state index is 0.135. The maximum Gasteiger partial charge on any atom is 0.257 e. The minimum atomic E-state index is -3.84. The first-order valence-corrected chi connectivity index (χ1v) is 11.0. The normalized spacial score (nSPS) is 17.0. The number of likely N-dealkylation sites (tertiary alicyclic amines) is 1. The molecule has 0 aliphatic carbocycles. The third-order valence-corrected chi connectivity index (χ3v) is 6.54. The predicted molar refractivity (Wildman–Crippen MR) is 108 cm³/mol. The van der Waals surface area contributed by atoms with E-state index in [2.05, 4.69) is 4.72 Å². The van der Waals surface area contributed by atoms with Crippen LogP contribution in [0.4, 0.5) is 4.39 Å². The van der Waals surface area contributed by atoms with Crippen molar-refractivity contribution >= 4 is 15.9 Å². The van der Waals surface area contributed by atoms with E-state index in [1.165, 1.54) is 6.07 Å². The van der Waals surface area contributed by atoms with Gasteiger partial charge in [0.1, 0.15) is 11.6 Å². The highest BCUT2D eigenvalue weighted by Crippen LogP contribution is 2.38. The SMILES string of the molecule is COc1ccccc1C1CCCN1C(=O)c1cc(S(=O)(=O)NC(C)C)ccc1F. The molecule has 156 valence electrons. The van der Waals surface area contributed by atoms with E-state index in [-0.39, 0.29) is 22.5 Å². The number of halogens is 1. The van der Waals surface area contributed by atoms with Crippen LogP contribution in [0.1, 0.15) is 48.7 Å². The summed E-state index contributed by atoms with van der Waals surface area (Å²) >= 11 is 0. The van der Waals surface area contributed by atoms with E-state index in [9.17, 15) is 17.6 Å². The number of ether oxygens (including phenoxy) is 1. The molecule has 6 nitrogen and oxygen atoms in total. The van der Waals surface area contributed by atoms with Gasteiger partial charge in [0.25, 0.3) is 5.91 Å². The Morgan fingerprint density at radius 2 is 1.97 bits per heavy atom. The van der Waals surface area contributed by atoms with Crippen molar-refractivity contribution in [3.05, 3.63) is 59.4 Å². The molecular weight excluding hydrogens is 395 g/mol. The molecule has 1 heterocycles. The van der Waals surface area contributed by atoms with Crippen LogP contribution >= 0.6 is 0 Å². The molecule has 1 atom stereocenters. The van der Waals surface area contributed by atoms with Crippen molar-refractivity contribution in [3.8, 4) is 5.75 Å². The zero-order chi connectivity index (χ0) is 21.2. The Labute approximate surface area is 170 Å². The van der Waals surface area contributed by atoms with Crippen LogP contribution in [0.5, 0.6) is 5.75 Å². The van der Waals surface area contributed by atoms with Gasteiger partial charge in [0, 0.05) is 18.2 Å². The molecule has 1 aliphatic rings. The van der Waals surface area contributed by atoms with Gasteiger partial charge in [0.05, 0.1) is 23.6 Å². The molecule has 1 unspecified atom stereocenters. The largest absolute Gasteiger partial charge is 0.496 e. The van der Waals surface area contributed by atoms with Crippen molar-refractivity contribution in [3.63, 3.8) is 0 Å². The van der Waals surface area contributed by atoms with Gasteiger partial charge in [-0.1, -0.05) is 18.2 Å². The molecule has 1 saturated heterocycles. The van der Waals surface area contributed by atoms with Crippen LogP contribution in [0, 0.1) is 5.82 Å². The molecule has 0 radical (unpaired) electrons. The Balaban J connectivity index is 1.96. The van der Waals surface area contributed by atoms with Crippen molar-refractivity contribution in [1.82, 2.24) is 9.62 Å². The number of carbonyl (C=O) groups excluding carboxylic acids is 1. The second-order valence-corrected chi connectivity index (χ2v) is 9.03. The number of methoxy groups -OCH3 is 1. The summed E-state index contributed by atoms with van der Waals surface area (Å²) in [7, 11) is -2.27. The number of hydrogen-bond donors (Lipinski definition) is 1. The monoisotopic (exact) mass is 420 g/mol. The van der Waals surface area contributed by atoms with Crippen molar-refractivity contribution in [2.75, 3.05) is 13.7 Å². The molecule has 1 fully saturated rings. The quantitative estimate of drug-likeness (QED) is 0.776. The fourth-order valence-electron chi connectivity index (χ4n) is 3.64. The van der Waals surface area contributed by atoms with Crippen LogP contribution in [0.25, 0.3) is 0 Å². The first-order valence-electron chi connectivity index (χ1n) is 9.50. The third kappa shape index (κ3) is 4.43. The van der Waals surface area contributed by atoms with E-state index >= 15 is 0 Å². The number of amides is 1. The lowest BCUT2D eigenvalue weighted by atomic mass is 10.0. The maximum absolute atomic E-state index is 14.5. The summed E-state index contributed by atoms with van der Waals surface area (Å²) < 4.78 is 47.3. The standard InChI is InChI=1S/C21H25FN2O4S/c1-14(2)23-29(26,27)15-10-11-18(22)17(13-15)21(25)24-12-6-8-19(24)16-7-4-5-9-20(16)28-3/h4-5,7,9-11,13-14,19,23H,6,8,12H2,1-3H3. The van der Waals surface area contributed by atoms with Crippen LogP contribution in [0.2, 0.25) is 0 Å². The first kappa shape index (κ1) is 21.3. The van der Waals surface area contributed by atoms with Crippen LogP contribution in [0.3, 0.4) is 0 Å². The van der Waals surface area contributed by atoms with E-state index in [1.54, 1.807) is 25.9 Å². The molecule has 1 N–H and O–H groups in total. The van der Waals surface area contributed by atoms with E-state index in [0.717, 1.165) is 30.5 Å². The summed E-state index contributed by atoms with van der Waals surface area (Å²) in [6, 6.07) is 10.1. The molecular formula is C21H25FN2O4S. The topological polar surface area (TPSA) is 75.7 Å². The lowest BCUT2D eigenvalue weighted by molar-refractivity contribution is 0.0729. The van der Waals surface area contributed by atoms with Crippen molar-refractivity contribution < 1.29 is 22.3 Å². The summed E-state index contributed by atoms with van der Waals surface area (Å²) in [5.41, 5.74) is 0.602. The average Bonchev–Trinajstić information content (AvgIpc) is 3.16. The molecule has 0 saturated carbocycles. The molecule has 0 bridgehead atoms. The van der Waals surface area contributed by atoms with Gasteiger partial charge in [0.2, 0.25) is 10.0 Å². The van der Waals surface area contributed by atoms with Gasteiger partial charge < -0.3 is 9.64 Å². The Bertz CT molecular complexity index is 1010. The Morgan fingerprint density at radius 3 is 2.66 bits per heavy atom. The fourth-order valence-corrected chi connectivity index (χ4v) is 4.92. The summed E-state index contributed by atoms with van der Waals surface area (Å²) in [5, 5.41) is 0. The van der Waals surface area contributed by atoms with Crippen LogP contribution in [0.15, 0.2) is 47.4 Å². The maximum atomic E-state index is 14.5. The highest BCUT2D eigenvalue weighted by molar-refractivity contribution is 7.89. The lowest BCUT2D eigenvalue weighted by Crippen LogP contribution is -2.33. The van der Waals surface area contributed by atoms with Crippen molar-refractivity contribution in [2.24, 2.45) is 0 Å². The number of nitrogens with one attached hydrogen (secondary N) is 1. The summed E-state index contributed by atoms with van der Waals surface area (Å²) in [4.78, 5) is 14.6. The van der Waals surface area contributed by atoms with E-state index in [1.807, 2.05) is 24.3 Å². The smallest absolute Gasteiger partial charge is 0.257 e. The summed E-state index contributed by atoms with van der Waals surface area (Å²) in [5.74, 6) is -0.614. The predicted octanol–water partition coefficient (Wildman–Crippen LogP) is 3.50. The number of carbonyl (C=O) groups is 1. The second kappa shape index (κ2) is 8.51. The van der Waals surface area contributed by atoms with Crippen LogP contribution in [-0.2, 0) is 10.0 Å². The molecule has 3 rings (SSSR count). The molecule has 0 spiro atoms. The number of sulfonamides is 1. The van der Waals surface area contributed by atoms with Gasteiger partial charge in [-0.3, -0.25) is 4.79 Å². The van der Waals surface area contributed by atoms with Gasteiger partial charge in [-0.25, -0.2) is 17.5 Å². The number of hydrogen-bond acceptors (Lipinski definition) is 4. The highest BCUT2D eigenvalue weighted by Gasteiger charge is 2.34. The third-order valence-electron chi connectivity index (χ3n) is 4.88. The van der Waals surface area contributed by atoms with Gasteiger partial charge in [0.15, 0.2) is 0 Å². The lowest BCUT2D eigenvalue weighted by Gasteiger charge is -2.26. The molecule has 2 aromatic rings. The zero-order valence-electron chi connectivity index (χ0n) is 16.7. The molecule has 1 aliphatic heterocycles. The molecule has 8 heteroatoms. The van der Waals surface area contributed by atoms with Gasteiger partial charge in [-0.05, 0) is 51.0 Å². The first-order chi connectivity index (χ1) is 13.7. The average molecular weight is 421 g/mol. The summed E-state index contributed by atoms with van der Waals surface area (Å²) in [6.07, 6.45) is 1.49. The molecule has 2 aromatic carbocycles. The molecule has 29 heavy (non-hydrogen) atoms. The second-order valence-electron chi connectivity index (χ2n) is 7.32. The van der Waals surface area contributed by atoms with Gasteiger partial charge in [-0.2, -0.15) is 0 Å². The number of para-hydroxylation sites is 1. The van der Waals surface area contributed by atoms with Crippen molar-refractivity contribution in [1.29, 1.82) is 0 Å². The van der Waals surface area contributed by atoms with Gasteiger partial charge >= 0.3 is 0 Å². The Kier molecular flexibility index (Phi) is 6.24. The molecule has 0 aromatic heterocycles. The minimum Gasteiger partial charge on any atom is -0.496 e. The van der Waals surface area contributed by atoms with E-state index in [4.69, 9.17) is 4.74 Å². The fraction of sp³-hybridized carbons (Fsp3) is 0.381. The Morgan fingerprint density at radius 1 is 1.24 bits per heavy atom. The van der Waals surface area contributed by atoms with Crippen LogP contribution in [-0.4, -0.2) is 38.9 Å². The van der Waals surface area contributed by atoms with E-state index < -0.39 is 21.7 Å². The number of nitrogens with zero attached hydrogens (tertiary/aromatic N) is 1. The van der Waals surface area contributed by atoms with Crippen molar-refractivity contribution in [2.45, 2.75) is 43.7 Å². The zero-order valence-corrected chi connectivity index (χ0v) is 17.5. The van der Waals surface area contributed by atoms with Crippen LogP contribution < -0.4 is 9.46 Å². The Hall–Kier alpha value is -2.45.